The van der Waals surface area contributed by atoms with Gasteiger partial charge in [-0.3, -0.25) is 14.4 Å². The second-order valence-corrected chi connectivity index (χ2v) is 11.9. The number of rotatable bonds is 10. The molecule has 0 fully saturated rings. The van der Waals surface area contributed by atoms with E-state index in [9.17, 15) is 14.4 Å². The van der Waals surface area contributed by atoms with Gasteiger partial charge in [-0.25, -0.2) is 0 Å². The van der Waals surface area contributed by atoms with Gasteiger partial charge >= 0.3 is 0 Å². The van der Waals surface area contributed by atoms with E-state index in [1.165, 1.54) is 11.8 Å². The maximum atomic E-state index is 13.4. The standard InChI is InChI=1S/C36H27Cl2N3O3S/c37-27-14-16-29(17-15-27)40-36(44)33(25-9-3-1-4-10-25)45-31-20-18-30(19-21-31)39-35(43)32(23-24-8-7-13-28(38)22-24)41-34(42)26-11-5-2-6-12-26/h1-23,33H,(H,39,43)(H,40,44)(H,41,42)/b32-23-. The predicted molar refractivity (Wildman–Crippen MR) is 184 cm³/mol. The molecule has 5 aromatic rings. The first-order valence-electron chi connectivity index (χ1n) is 13.9. The number of hydrogen-bond acceptors (Lipinski definition) is 4. The monoisotopic (exact) mass is 651 g/mol. The molecule has 0 saturated carbocycles. The first-order chi connectivity index (χ1) is 21.8. The van der Waals surface area contributed by atoms with E-state index in [0.29, 0.717) is 32.5 Å². The molecule has 0 aliphatic rings. The molecule has 1 atom stereocenters. The van der Waals surface area contributed by atoms with Gasteiger partial charge in [-0.1, -0.05) is 83.9 Å². The predicted octanol–water partition coefficient (Wildman–Crippen LogP) is 8.88. The van der Waals surface area contributed by atoms with Crippen molar-refractivity contribution in [1.29, 1.82) is 0 Å². The Balaban J connectivity index is 1.32. The maximum absolute atomic E-state index is 13.4. The van der Waals surface area contributed by atoms with E-state index in [0.717, 1.165) is 10.5 Å². The maximum Gasteiger partial charge on any atom is 0.272 e. The summed E-state index contributed by atoms with van der Waals surface area (Å²) in [6, 6.07) is 39.2. The van der Waals surface area contributed by atoms with Gasteiger partial charge in [0.2, 0.25) is 5.91 Å². The Morgan fingerprint density at radius 1 is 0.644 bits per heavy atom. The quantitative estimate of drug-likeness (QED) is 0.104. The lowest BCUT2D eigenvalue weighted by Crippen LogP contribution is -2.30. The Bertz CT molecular complexity index is 1810. The highest BCUT2D eigenvalue weighted by Crippen LogP contribution is 2.37. The Kier molecular flexibility index (Phi) is 10.7. The van der Waals surface area contributed by atoms with Crippen molar-refractivity contribution in [2.75, 3.05) is 10.6 Å². The summed E-state index contributed by atoms with van der Waals surface area (Å²) in [4.78, 5) is 40.5. The molecule has 3 N–H and O–H groups in total. The van der Waals surface area contributed by atoms with Gasteiger partial charge in [0.25, 0.3) is 11.8 Å². The zero-order chi connectivity index (χ0) is 31.6. The third-order valence-corrected chi connectivity index (χ3v) is 8.26. The molecule has 0 aliphatic heterocycles. The van der Waals surface area contributed by atoms with E-state index in [1.54, 1.807) is 91.0 Å². The van der Waals surface area contributed by atoms with Crippen molar-refractivity contribution in [3.05, 3.63) is 166 Å². The Hall–Kier alpha value is -4.82. The van der Waals surface area contributed by atoms with Crippen molar-refractivity contribution in [2.24, 2.45) is 0 Å². The van der Waals surface area contributed by atoms with E-state index in [4.69, 9.17) is 23.2 Å². The molecule has 0 saturated heterocycles. The summed E-state index contributed by atoms with van der Waals surface area (Å²) < 4.78 is 0. The van der Waals surface area contributed by atoms with Crippen LogP contribution in [0.25, 0.3) is 6.08 Å². The van der Waals surface area contributed by atoms with Crippen LogP contribution in [0.1, 0.15) is 26.7 Å². The third kappa shape index (κ3) is 9.09. The van der Waals surface area contributed by atoms with E-state index in [1.807, 2.05) is 48.5 Å². The van der Waals surface area contributed by atoms with Gasteiger partial charge in [-0.05, 0) is 90.0 Å². The van der Waals surface area contributed by atoms with Crippen LogP contribution >= 0.6 is 35.0 Å². The molecule has 224 valence electrons. The van der Waals surface area contributed by atoms with E-state index in [-0.39, 0.29) is 11.6 Å². The average molecular weight is 653 g/mol. The molecule has 3 amide bonds. The number of thioether (sulfide) groups is 1. The summed E-state index contributed by atoms with van der Waals surface area (Å²) >= 11 is 13.5. The lowest BCUT2D eigenvalue weighted by atomic mass is 10.1. The van der Waals surface area contributed by atoms with Gasteiger partial charge in [0.1, 0.15) is 10.9 Å². The highest BCUT2D eigenvalue weighted by atomic mass is 35.5. The van der Waals surface area contributed by atoms with E-state index >= 15 is 0 Å². The van der Waals surface area contributed by atoms with Crippen LogP contribution in [0.4, 0.5) is 11.4 Å². The summed E-state index contributed by atoms with van der Waals surface area (Å²) in [5.74, 6) is -1.12. The van der Waals surface area contributed by atoms with Gasteiger partial charge in [-0.15, -0.1) is 11.8 Å². The molecular formula is C36H27Cl2N3O3S. The molecule has 5 aromatic carbocycles. The lowest BCUT2D eigenvalue weighted by molar-refractivity contribution is -0.116. The SMILES string of the molecule is O=C(Nc1ccc(SC(C(=O)Nc2ccc(Cl)cc2)c2ccccc2)cc1)/C(=C/c1cccc(Cl)c1)NC(=O)c1ccccc1. The first-order valence-corrected chi connectivity index (χ1v) is 15.5. The number of benzene rings is 5. The molecule has 5 rings (SSSR count). The molecule has 0 bridgehead atoms. The molecule has 1 unspecified atom stereocenters. The number of halogens is 2. The summed E-state index contributed by atoms with van der Waals surface area (Å²) in [7, 11) is 0. The smallest absolute Gasteiger partial charge is 0.272 e. The number of carbonyl (C=O) groups is 3. The van der Waals surface area contributed by atoms with Crippen LogP contribution in [0, 0.1) is 0 Å². The summed E-state index contributed by atoms with van der Waals surface area (Å²) in [6.07, 6.45) is 1.57. The molecule has 9 heteroatoms. The van der Waals surface area contributed by atoms with Gasteiger partial charge < -0.3 is 16.0 Å². The minimum atomic E-state index is -0.539. The highest BCUT2D eigenvalue weighted by Gasteiger charge is 2.22. The fraction of sp³-hybridized carbons (Fsp3) is 0.0278. The fourth-order valence-corrected chi connectivity index (χ4v) is 5.65. The lowest BCUT2D eigenvalue weighted by Gasteiger charge is -2.17. The van der Waals surface area contributed by atoms with E-state index in [2.05, 4.69) is 16.0 Å². The second kappa shape index (κ2) is 15.3. The van der Waals surface area contributed by atoms with Gasteiger partial charge in [0.05, 0.1) is 0 Å². The van der Waals surface area contributed by atoms with Crippen molar-refractivity contribution in [1.82, 2.24) is 5.32 Å². The van der Waals surface area contributed by atoms with E-state index < -0.39 is 17.1 Å². The zero-order valence-corrected chi connectivity index (χ0v) is 26.1. The molecule has 0 radical (unpaired) electrons. The molecule has 6 nitrogen and oxygen atoms in total. The number of anilines is 2. The van der Waals surface area contributed by atoms with Crippen molar-refractivity contribution in [3.63, 3.8) is 0 Å². The molecular weight excluding hydrogens is 625 g/mol. The Morgan fingerprint density at radius 2 is 1.27 bits per heavy atom. The van der Waals surface area contributed by atoms with Crippen LogP contribution in [0.2, 0.25) is 10.0 Å². The molecule has 45 heavy (non-hydrogen) atoms. The summed E-state index contributed by atoms with van der Waals surface area (Å²) in [6.45, 7) is 0. The van der Waals surface area contributed by atoms with Crippen LogP contribution in [0.3, 0.4) is 0 Å². The van der Waals surface area contributed by atoms with Crippen molar-refractivity contribution in [2.45, 2.75) is 10.1 Å². The molecule has 0 heterocycles. The zero-order valence-electron chi connectivity index (χ0n) is 23.7. The van der Waals surface area contributed by atoms with Crippen LogP contribution in [0.5, 0.6) is 0 Å². The Labute approximate surface area is 275 Å². The first kappa shape index (κ1) is 31.6. The van der Waals surface area contributed by atoms with Gasteiger partial charge in [0.15, 0.2) is 0 Å². The van der Waals surface area contributed by atoms with Crippen molar-refractivity contribution < 1.29 is 14.4 Å². The van der Waals surface area contributed by atoms with Crippen molar-refractivity contribution >= 4 is 70.1 Å². The fourth-order valence-electron chi connectivity index (χ4n) is 4.30. The number of amides is 3. The largest absolute Gasteiger partial charge is 0.325 e. The topological polar surface area (TPSA) is 87.3 Å². The number of hydrogen-bond donors (Lipinski definition) is 3. The van der Waals surface area contributed by atoms with Crippen LogP contribution < -0.4 is 16.0 Å². The molecule has 0 aliphatic carbocycles. The minimum Gasteiger partial charge on any atom is -0.325 e. The molecule has 0 spiro atoms. The van der Waals surface area contributed by atoms with Crippen molar-refractivity contribution in [3.8, 4) is 0 Å². The highest BCUT2D eigenvalue weighted by molar-refractivity contribution is 8.00. The number of nitrogens with one attached hydrogen (secondary N) is 3. The van der Waals surface area contributed by atoms with Gasteiger partial charge in [-0.2, -0.15) is 0 Å². The normalized spacial score (nSPS) is 11.7. The Morgan fingerprint density at radius 3 is 1.93 bits per heavy atom. The van der Waals surface area contributed by atoms with Gasteiger partial charge in [0, 0.05) is 31.9 Å². The molecule has 0 aromatic heterocycles. The second-order valence-electron chi connectivity index (χ2n) is 9.82. The minimum absolute atomic E-state index is 0.0487. The summed E-state index contributed by atoms with van der Waals surface area (Å²) in [5, 5.41) is 9.08. The van der Waals surface area contributed by atoms with Crippen LogP contribution in [-0.4, -0.2) is 17.7 Å². The van der Waals surface area contributed by atoms with Crippen LogP contribution in [0.15, 0.2) is 144 Å². The van der Waals surface area contributed by atoms with Crippen LogP contribution in [-0.2, 0) is 9.59 Å². The summed E-state index contributed by atoms with van der Waals surface area (Å²) in [5.41, 5.74) is 3.11. The average Bonchev–Trinajstić information content (AvgIpc) is 3.06. The number of carbonyl (C=O) groups excluding carboxylic acids is 3. The third-order valence-electron chi connectivity index (χ3n) is 6.51.